The highest BCUT2D eigenvalue weighted by Crippen LogP contribution is 2.34. The van der Waals surface area contributed by atoms with Gasteiger partial charge in [-0.2, -0.15) is 0 Å². The van der Waals surface area contributed by atoms with Crippen LogP contribution in [0.2, 0.25) is 0 Å². The van der Waals surface area contributed by atoms with Crippen molar-refractivity contribution in [2.75, 3.05) is 6.61 Å². The van der Waals surface area contributed by atoms with Crippen LogP contribution in [0.15, 0.2) is 84.9 Å². The van der Waals surface area contributed by atoms with Crippen molar-refractivity contribution in [3.05, 3.63) is 90.5 Å². The lowest BCUT2D eigenvalue weighted by atomic mass is 10.2. The highest BCUT2D eigenvalue weighted by atomic mass is 31.1. The molecule has 0 bridgehead atoms. The number of rotatable bonds is 8. The predicted molar refractivity (Wildman–Crippen MR) is 111 cm³/mol. The van der Waals surface area contributed by atoms with E-state index in [1.807, 2.05) is 60.7 Å². The van der Waals surface area contributed by atoms with Gasteiger partial charge in [0.2, 0.25) is 0 Å². The number of hydrogen-bond donors (Lipinski definition) is 0. The van der Waals surface area contributed by atoms with Gasteiger partial charge in [0.15, 0.2) is 0 Å². The Morgan fingerprint density at radius 1 is 0.815 bits per heavy atom. The van der Waals surface area contributed by atoms with E-state index in [4.69, 9.17) is 4.74 Å². The van der Waals surface area contributed by atoms with Crippen molar-refractivity contribution < 1.29 is 14.3 Å². The number of ether oxygens (including phenoxy) is 1. The maximum Gasteiger partial charge on any atom is 0.338 e. The topological polar surface area (TPSA) is 43.4 Å². The molecule has 0 aliphatic rings. The molecule has 4 heteroatoms. The average molecular weight is 376 g/mol. The number of aldehydes is 1. The lowest BCUT2D eigenvalue weighted by Gasteiger charge is -2.21. The Labute approximate surface area is 160 Å². The van der Waals surface area contributed by atoms with Crippen LogP contribution in [-0.2, 0) is 9.53 Å². The SMILES string of the molecule is O=CCCCOC(=O)c1ccccc1P(c1ccccc1)c1ccccc1. The summed E-state index contributed by atoms with van der Waals surface area (Å²) in [4.78, 5) is 23.1. The zero-order chi connectivity index (χ0) is 18.9. The minimum atomic E-state index is -0.878. The van der Waals surface area contributed by atoms with Crippen molar-refractivity contribution >= 4 is 36.1 Å². The van der Waals surface area contributed by atoms with Crippen LogP contribution in [0.1, 0.15) is 23.2 Å². The molecule has 0 radical (unpaired) electrons. The van der Waals surface area contributed by atoms with E-state index in [9.17, 15) is 9.59 Å². The Balaban J connectivity index is 1.98. The summed E-state index contributed by atoms with van der Waals surface area (Å²) in [5.74, 6) is -0.337. The largest absolute Gasteiger partial charge is 0.462 e. The number of carbonyl (C=O) groups excluding carboxylic acids is 2. The van der Waals surface area contributed by atoms with E-state index in [0.29, 0.717) is 18.4 Å². The van der Waals surface area contributed by atoms with Gasteiger partial charge in [-0.15, -0.1) is 0 Å². The molecule has 0 atom stereocenters. The van der Waals surface area contributed by atoms with Gasteiger partial charge in [0, 0.05) is 6.42 Å². The maximum absolute atomic E-state index is 12.7. The van der Waals surface area contributed by atoms with Gasteiger partial charge >= 0.3 is 5.97 Å². The molecular formula is C23H21O3P. The summed E-state index contributed by atoms with van der Waals surface area (Å²) in [7, 11) is -0.878. The van der Waals surface area contributed by atoms with E-state index in [2.05, 4.69) is 24.3 Å². The van der Waals surface area contributed by atoms with E-state index in [0.717, 1.165) is 11.6 Å². The van der Waals surface area contributed by atoms with Gasteiger partial charge < -0.3 is 9.53 Å². The molecule has 0 aromatic heterocycles. The Morgan fingerprint density at radius 3 is 1.96 bits per heavy atom. The number of unbranched alkanes of at least 4 members (excludes halogenated alkanes) is 1. The third kappa shape index (κ3) is 4.90. The monoisotopic (exact) mass is 376 g/mol. The maximum atomic E-state index is 12.7. The summed E-state index contributed by atoms with van der Waals surface area (Å²) < 4.78 is 5.41. The molecule has 0 saturated carbocycles. The zero-order valence-electron chi connectivity index (χ0n) is 15.0. The smallest absolute Gasteiger partial charge is 0.338 e. The molecule has 0 aliphatic heterocycles. The van der Waals surface area contributed by atoms with E-state index in [1.165, 1.54) is 10.6 Å². The van der Waals surface area contributed by atoms with Crippen LogP contribution in [0.5, 0.6) is 0 Å². The lowest BCUT2D eigenvalue weighted by molar-refractivity contribution is -0.108. The molecule has 0 unspecified atom stereocenters. The summed E-state index contributed by atoms with van der Waals surface area (Å²) in [6, 6.07) is 28.1. The standard InChI is InChI=1S/C23H21O3P/c24-17-9-10-18-26-23(25)21-15-7-8-16-22(21)27(19-11-3-1-4-12-19)20-13-5-2-6-14-20/h1-8,11-17H,9-10,18H2. The first-order chi connectivity index (χ1) is 13.3. The molecule has 0 saturated heterocycles. The third-order valence-electron chi connectivity index (χ3n) is 4.09. The number of esters is 1. The number of hydrogen-bond acceptors (Lipinski definition) is 3. The molecule has 3 aromatic carbocycles. The first-order valence-electron chi connectivity index (χ1n) is 8.91. The van der Waals surface area contributed by atoms with E-state index < -0.39 is 7.92 Å². The molecule has 136 valence electrons. The Hall–Kier alpha value is -2.77. The van der Waals surface area contributed by atoms with Gasteiger partial charge in [0.1, 0.15) is 6.29 Å². The molecule has 3 aromatic rings. The van der Waals surface area contributed by atoms with Crippen LogP contribution >= 0.6 is 7.92 Å². The second-order valence-corrected chi connectivity index (χ2v) is 8.15. The van der Waals surface area contributed by atoms with Crippen LogP contribution in [-0.4, -0.2) is 18.9 Å². The van der Waals surface area contributed by atoms with Crippen LogP contribution < -0.4 is 15.9 Å². The van der Waals surface area contributed by atoms with E-state index in [-0.39, 0.29) is 12.6 Å². The normalized spacial score (nSPS) is 10.6. The highest BCUT2D eigenvalue weighted by Gasteiger charge is 2.22. The fraction of sp³-hybridized carbons (Fsp3) is 0.130. The molecule has 0 spiro atoms. The van der Waals surface area contributed by atoms with E-state index in [1.54, 1.807) is 0 Å². The molecule has 0 aliphatic carbocycles. The van der Waals surface area contributed by atoms with Crippen LogP contribution in [0.3, 0.4) is 0 Å². The molecule has 0 amide bonds. The summed E-state index contributed by atoms with van der Waals surface area (Å²) >= 11 is 0. The third-order valence-corrected chi connectivity index (χ3v) is 6.59. The van der Waals surface area contributed by atoms with Crippen LogP contribution in [0.25, 0.3) is 0 Å². The van der Waals surface area contributed by atoms with Crippen molar-refractivity contribution in [2.45, 2.75) is 12.8 Å². The first-order valence-corrected chi connectivity index (χ1v) is 10.3. The van der Waals surface area contributed by atoms with Crippen LogP contribution in [0.4, 0.5) is 0 Å². The molecule has 0 heterocycles. The van der Waals surface area contributed by atoms with Crippen molar-refractivity contribution in [1.82, 2.24) is 0 Å². The number of benzene rings is 3. The Morgan fingerprint density at radius 2 is 1.37 bits per heavy atom. The van der Waals surface area contributed by atoms with Gasteiger partial charge in [-0.05, 0) is 36.3 Å². The summed E-state index contributed by atoms with van der Waals surface area (Å²) in [6.07, 6.45) is 1.78. The van der Waals surface area contributed by atoms with Crippen molar-refractivity contribution in [1.29, 1.82) is 0 Å². The van der Waals surface area contributed by atoms with Gasteiger partial charge in [0.05, 0.1) is 12.2 Å². The number of carbonyl (C=O) groups is 2. The molecule has 27 heavy (non-hydrogen) atoms. The molecular weight excluding hydrogens is 355 g/mol. The lowest BCUT2D eigenvalue weighted by Crippen LogP contribution is -2.26. The predicted octanol–water partition coefficient (Wildman–Crippen LogP) is 3.58. The molecule has 0 fully saturated rings. The first kappa shape index (κ1) is 19.0. The zero-order valence-corrected chi connectivity index (χ0v) is 15.8. The summed E-state index contributed by atoms with van der Waals surface area (Å²) in [6.45, 7) is 0.251. The summed E-state index contributed by atoms with van der Waals surface area (Å²) in [5.41, 5.74) is 0.586. The van der Waals surface area contributed by atoms with Crippen molar-refractivity contribution in [3.63, 3.8) is 0 Å². The minimum Gasteiger partial charge on any atom is -0.462 e. The summed E-state index contributed by atoms with van der Waals surface area (Å²) in [5, 5.41) is 3.34. The average Bonchev–Trinajstić information content (AvgIpc) is 2.73. The molecule has 3 nitrogen and oxygen atoms in total. The fourth-order valence-corrected chi connectivity index (χ4v) is 5.27. The van der Waals surface area contributed by atoms with Crippen molar-refractivity contribution in [3.8, 4) is 0 Å². The van der Waals surface area contributed by atoms with Gasteiger partial charge in [0.25, 0.3) is 0 Å². The van der Waals surface area contributed by atoms with Gasteiger partial charge in [-0.1, -0.05) is 78.9 Å². The molecule has 0 N–H and O–H groups in total. The second-order valence-electron chi connectivity index (χ2n) is 5.97. The van der Waals surface area contributed by atoms with Crippen molar-refractivity contribution in [2.24, 2.45) is 0 Å². The van der Waals surface area contributed by atoms with Crippen LogP contribution in [0, 0.1) is 0 Å². The Bertz CT molecular complexity index is 839. The van der Waals surface area contributed by atoms with Gasteiger partial charge in [-0.3, -0.25) is 0 Å². The quantitative estimate of drug-likeness (QED) is 0.261. The minimum absolute atomic E-state index is 0.251. The van der Waals surface area contributed by atoms with E-state index >= 15 is 0 Å². The molecule has 3 rings (SSSR count). The second kappa shape index (κ2) is 9.80. The Kier molecular flexibility index (Phi) is 6.90. The van der Waals surface area contributed by atoms with Gasteiger partial charge in [-0.25, -0.2) is 4.79 Å². The highest BCUT2D eigenvalue weighted by molar-refractivity contribution is 7.80. The fourth-order valence-electron chi connectivity index (χ4n) is 2.83.